The van der Waals surface area contributed by atoms with Crippen LogP contribution in [-0.4, -0.2) is 61.4 Å². The van der Waals surface area contributed by atoms with E-state index in [1.54, 1.807) is 13.8 Å². The zero-order chi connectivity index (χ0) is 21.4. The van der Waals surface area contributed by atoms with Gasteiger partial charge in [-0.15, -0.1) is 6.42 Å². The van der Waals surface area contributed by atoms with Gasteiger partial charge in [-0.2, -0.15) is 14.4 Å². The Morgan fingerprint density at radius 3 is 2.93 bits per heavy atom. The molecule has 0 radical (unpaired) electrons. The summed E-state index contributed by atoms with van der Waals surface area (Å²) in [6.07, 6.45) is 5.24. The lowest BCUT2D eigenvalue weighted by Crippen LogP contribution is -2.53. The topological polar surface area (TPSA) is 151 Å². The molecule has 29 heavy (non-hydrogen) atoms. The number of hydrogen-bond acceptors (Lipinski definition) is 9. The summed E-state index contributed by atoms with van der Waals surface area (Å²) in [4.78, 5) is 22.7. The van der Waals surface area contributed by atoms with Crippen molar-refractivity contribution in [2.75, 3.05) is 18.9 Å². The second kappa shape index (κ2) is 7.64. The minimum absolute atomic E-state index is 0.113. The van der Waals surface area contributed by atoms with Crippen molar-refractivity contribution < 1.29 is 23.8 Å². The first-order chi connectivity index (χ1) is 13.7. The van der Waals surface area contributed by atoms with E-state index in [0.717, 1.165) is 0 Å². The number of hydrogen-bond donors (Lipinski definition) is 3. The first-order valence-corrected chi connectivity index (χ1v) is 8.98. The van der Waals surface area contributed by atoms with Crippen LogP contribution in [-0.2, 0) is 14.3 Å². The largest absolute Gasteiger partial charge is 0.392 e. The van der Waals surface area contributed by atoms with E-state index in [1.165, 1.54) is 10.9 Å². The lowest BCUT2D eigenvalue weighted by molar-refractivity contribution is -0.125. The summed E-state index contributed by atoms with van der Waals surface area (Å²) in [5.41, 5.74) is 9.39. The van der Waals surface area contributed by atoms with Crippen molar-refractivity contribution >= 4 is 23.3 Å². The normalized spacial score (nSPS) is 26.5. The molecule has 2 aromatic rings. The van der Waals surface area contributed by atoms with E-state index in [9.17, 15) is 14.3 Å². The average Bonchev–Trinajstić information content (AvgIpc) is 3.27. The number of anilines is 1. The molecule has 5 N–H and O–H groups in total. The van der Waals surface area contributed by atoms with Gasteiger partial charge in [-0.3, -0.25) is 4.57 Å². The highest BCUT2D eigenvalue weighted by Crippen LogP contribution is 2.40. The lowest BCUT2D eigenvalue weighted by atomic mass is 9.89. The highest BCUT2D eigenvalue weighted by molar-refractivity contribution is 5.81. The summed E-state index contributed by atoms with van der Waals surface area (Å²) in [5.74, 6) is 2.13. The number of nitrogens with zero attached hydrogens (tertiary/aromatic N) is 4. The van der Waals surface area contributed by atoms with Gasteiger partial charge in [-0.1, -0.05) is 19.8 Å². The first-order valence-electron chi connectivity index (χ1n) is 8.98. The molecule has 1 saturated heterocycles. The first kappa shape index (κ1) is 21.1. The zero-order valence-corrected chi connectivity index (χ0v) is 16.1. The molecular weight excluding hydrogens is 383 g/mol. The molecule has 2 aromatic heterocycles. The van der Waals surface area contributed by atoms with Crippen LogP contribution in [0, 0.1) is 24.3 Å². The van der Waals surface area contributed by atoms with Crippen LogP contribution in [0.4, 0.5) is 10.2 Å². The summed E-state index contributed by atoms with van der Waals surface area (Å²) in [6, 6.07) is 0. The number of aliphatic hydroxyl groups is 1. The predicted molar refractivity (Wildman–Crippen MR) is 101 cm³/mol. The molecule has 0 aliphatic carbocycles. The van der Waals surface area contributed by atoms with Gasteiger partial charge in [0, 0.05) is 6.42 Å². The summed E-state index contributed by atoms with van der Waals surface area (Å²) in [6.45, 7) is 2.93. The number of carbonyl (C=O) groups excluding carboxylic acids is 1. The van der Waals surface area contributed by atoms with Crippen LogP contribution in [0.3, 0.4) is 0 Å². The van der Waals surface area contributed by atoms with Crippen LogP contribution in [0.15, 0.2) is 6.33 Å². The molecule has 3 rings (SSSR count). The van der Waals surface area contributed by atoms with Gasteiger partial charge in [0.05, 0.1) is 25.1 Å². The fourth-order valence-corrected chi connectivity index (χ4v) is 3.13. The van der Waals surface area contributed by atoms with E-state index in [0.29, 0.717) is 6.29 Å². The van der Waals surface area contributed by atoms with Crippen LogP contribution in [0.5, 0.6) is 0 Å². The van der Waals surface area contributed by atoms with Gasteiger partial charge in [0.15, 0.2) is 22.6 Å². The van der Waals surface area contributed by atoms with Crippen molar-refractivity contribution in [3.63, 3.8) is 0 Å². The number of aliphatic hydroxyl groups excluding tert-OH is 1. The Morgan fingerprint density at radius 2 is 2.34 bits per heavy atom. The smallest absolute Gasteiger partial charge is 0.312 e. The van der Waals surface area contributed by atoms with Gasteiger partial charge in [0.1, 0.15) is 18.6 Å². The number of nitrogens with two attached hydrogens (primary N) is 2. The van der Waals surface area contributed by atoms with Crippen molar-refractivity contribution in [1.82, 2.24) is 19.5 Å². The SMILES string of the molecule is C#C[C@]1(CO)O[C@@H](n2cnc3c(N)nc(F)nc32)C[C@@H]1OC[C@@](N)(C=O)C(C)C. The number of nitrogen functional groups attached to an aromatic ring is 1. The summed E-state index contributed by atoms with van der Waals surface area (Å²) in [5, 5.41) is 9.92. The molecule has 1 fully saturated rings. The fourth-order valence-electron chi connectivity index (χ4n) is 3.13. The van der Waals surface area contributed by atoms with Gasteiger partial charge in [0.25, 0.3) is 0 Å². The second-order valence-electron chi connectivity index (χ2n) is 7.39. The van der Waals surface area contributed by atoms with Crippen molar-refractivity contribution in [1.29, 1.82) is 0 Å². The number of rotatable bonds is 7. The maximum Gasteiger partial charge on any atom is 0.312 e. The monoisotopic (exact) mass is 406 g/mol. The van der Waals surface area contributed by atoms with Crippen molar-refractivity contribution in [2.45, 2.75) is 43.7 Å². The Hall–Kier alpha value is -2.65. The van der Waals surface area contributed by atoms with E-state index >= 15 is 0 Å². The third-order valence-electron chi connectivity index (χ3n) is 5.32. The van der Waals surface area contributed by atoms with Crippen LogP contribution in [0.2, 0.25) is 0 Å². The highest BCUT2D eigenvalue weighted by atomic mass is 19.1. The van der Waals surface area contributed by atoms with Crippen LogP contribution < -0.4 is 11.5 Å². The maximum absolute atomic E-state index is 13.6. The minimum atomic E-state index is -1.49. The van der Waals surface area contributed by atoms with Crippen LogP contribution in [0.25, 0.3) is 11.2 Å². The molecule has 0 aromatic carbocycles. The standard InChI is InChI=1S/C18H23FN6O4/c1-4-18(7-27)11(28-8-17(21,6-26)10(2)3)5-12(29-18)25-9-22-13-14(20)23-16(19)24-15(13)25/h1,6,9-12,27H,5,7-8,21H2,2-3H3,(H2,20,23,24)/t11-,12+,17-,18+/m0/s1. The molecule has 1 aliphatic rings. The second-order valence-corrected chi connectivity index (χ2v) is 7.39. The number of aldehydes is 1. The van der Waals surface area contributed by atoms with Crippen LogP contribution >= 0.6 is 0 Å². The lowest BCUT2D eigenvalue weighted by Gasteiger charge is -2.32. The Bertz CT molecular complexity index is 960. The van der Waals surface area contributed by atoms with Gasteiger partial charge in [0.2, 0.25) is 0 Å². The van der Waals surface area contributed by atoms with Crippen molar-refractivity contribution in [2.24, 2.45) is 11.7 Å². The molecular formula is C18H23FN6O4. The molecule has 156 valence electrons. The number of ether oxygens (including phenoxy) is 2. The Morgan fingerprint density at radius 1 is 1.62 bits per heavy atom. The molecule has 11 heteroatoms. The third kappa shape index (κ3) is 3.56. The third-order valence-corrected chi connectivity index (χ3v) is 5.32. The van der Waals surface area contributed by atoms with E-state index in [2.05, 4.69) is 20.9 Å². The Labute approximate surface area is 166 Å². The average molecular weight is 406 g/mol. The summed E-state index contributed by atoms with van der Waals surface area (Å²) >= 11 is 0. The van der Waals surface area contributed by atoms with Crippen molar-refractivity contribution in [3.8, 4) is 12.3 Å². The molecule has 4 atom stereocenters. The van der Waals surface area contributed by atoms with E-state index in [1.807, 2.05) is 0 Å². The number of carbonyl (C=O) groups is 1. The van der Waals surface area contributed by atoms with E-state index < -0.39 is 36.2 Å². The number of imidazole rings is 1. The molecule has 1 aliphatic heterocycles. The summed E-state index contributed by atoms with van der Waals surface area (Å²) < 4.78 is 26.9. The number of fused-ring (bicyclic) bond motifs is 1. The van der Waals surface area contributed by atoms with Gasteiger partial charge >= 0.3 is 6.08 Å². The molecule has 10 nitrogen and oxygen atoms in total. The Kier molecular flexibility index (Phi) is 5.55. The van der Waals surface area contributed by atoms with Gasteiger partial charge in [-0.05, 0) is 5.92 Å². The number of halogens is 1. The molecule has 3 heterocycles. The van der Waals surface area contributed by atoms with Gasteiger partial charge in [-0.25, -0.2) is 4.98 Å². The van der Waals surface area contributed by atoms with E-state index in [-0.39, 0.29) is 35.9 Å². The molecule has 0 bridgehead atoms. The summed E-state index contributed by atoms with van der Waals surface area (Å²) in [7, 11) is 0. The molecule has 0 unspecified atom stereocenters. The van der Waals surface area contributed by atoms with E-state index in [4.69, 9.17) is 27.4 Å². The predicted octanol–water partition coefficient (Wildman–Crippen LogP) is -0.232. The molecule has 0 spiro atoms. The number of aromatic nitrogens is 4. The van der Waals surface area contributed by atoms with Crippen molar-refractivity contribution in [3.05, 3.63) is 12.4 Å². The maximum atomic E-state index is 13.6. The number of terminal acetylenes is 1. The zero-order valence-electron chi connectivity index (χ0n) is 16.1. The molecule has 0 amide bonds. The highest BCUT2D eigenvalue weighted by Gasteiger charge is 2.50. The Balaban J connectivity index is 1.91. The fraction of sp³-hybridized carbons (Fsp3) is 0.556. The molecule has 0 saturated carbocycles. The minimum Gasteiger partial charge on any atom is -0.392 e. The van der Waals surface area contributed by atoms with Crippen LogP contribution in [0.1, 0.15) is 26.5 Å². The quantitative estimate of drug-likeness (QED) is 0.322. The van der Waals surface area contributed by atoms with Gasteiger partial charge < -0.3 is 30.8 Å².